The highest BCUT2D eigenvalue weighted by Crippen LogP contribution is 2.11. The number of hydrogen-bond acceptors (Lipinski definition) is 3. The highest BCUT2D eigenvalue weighted by atomic mass is 16.5. The Kier molecular flexibility index (Phi) is 6.68. The molecule has 2 amide bonds. The number of carbonyl (C=O) groups excluding carboxylic acids is 2. The Bertz CT molecular complexity index is 684. The lowest BCUT2D eigenvalue weighted by molar-refractivity contribution is -0.125. The molecule has 0 saturated heterocycles. The first kappa shape index (κ1) is 18.2. The van der Waals surface area contributed by atoms with Crippen LogP contribution in [0.2, 0.25) is 0 Å². The number of amides is 2. The second kappa shape index (κ2) is 9.20. The Morgan fingerprint density at radius 1 is 0.760 bits per heavy atom. The van der Waals surface area contributed by atoms with E-state index in [1.54, 1.807) is 36.4 Å². The van der Waals surface area contributed by atoms with E-state index in [0.717, 1.165) is 11.1 Å². The molecule has 2 aromatic rings. The van der Waals surface area contributed by atoms with E-state index in [0.29, 0.717) is 11.4 Å². The predicted octanol–water partition coefficient (Wildman–Crippen LogP) is 3.57. The van der Waals surface area contributed by atoms with Gasteiger partial charge >= 0.3 is 0 Å². The highest BCUT2D eigenvalue weighted by molar-refractivity contribution is 5.93. The molecule has 2 N–H and O–H groups in total. The summed E-state index contributed by atoms with van der Waals surface area (Å²) in [5, 5.41) is 5.38. The molecule has 0 spiro atoms. The summed E-state index contributed by atoms with van der Waals surface area (Å²) in [6.45, 7) is 6.93. The molecule has 0 bridgehead atoms. The van der Waals surface area contributed by atoms with Gasteiger partial charge in [0.2, 0.25) is 11.8 Å². The van der Waals surface area contributed by atoms with Crippen LogP contribution in [0, 0.1) is 0 Å². The van der Waals surface area contributed by atoms with Crippen LogP contribution < -0.4 is 10.6 Å². The Morgan fingerprint density at radius 2 is 1.12 bits per heavy atom. The summed E-state index contributed by atoms with van der Waals surface area (Å²) in [6, 6.07) is 14.5. The van der Waals surface area contributed by atoms with Crippen LogP contribution in [0.15, 0.2) is 61.7 Å². The molecule has 0 aromatic heterocycles. The molecule has 0 saturated carbocycles. The third kappa shape index (κ3) is 6.08. The third-order valence-electron chi connectivity index (χ3n) is 3.33. The van der Waals surface area contributed by atoms with E-state index in [2.05, 4.69) is 23.8 Å². The van der Waals surface area contributed by atoms with Crippen LogP contribution in [0.4, 0.5) is 11.4 Å². The van der Waals surface area contributed by atoms with E-state index < -0.39 is 0 Å². The highest BCUT2D eigenvalue weighted by Gasteiger charge is 2.06. The molecule has 5 heteroatoms. The minimum absolute atomic E-state index is 0.202. The van der Waals surface area contributed by atoms with Crippen molar-refractivity contribution in [1.82, 2.24) is 0 Å². The van der Waals surface area contributed by atoms with E-state index in [1.807, 2.05) is 24.3 Å². The van der Waals surface area contributed by atoms with Crippen LogP contribution in [0.5, 0.6) is 0 Å². The lowest BCUT2D eigenvalue weighted by Crippen LogP contribution is -2.23. The second-order valence-electron chi connectivity index (χ2n) is 5.24. The second-order valence-corrected chi connectivity index (χ2v) is 5.24. The van der Waals surface area contributed by atoms with Crippen LogP contribution in [-0.4, -0.2) is 25.0 Å². The first-order valence-corrected chi connectivity index (χ1v) is 7.73. The van der Waals surface area contributed by atoms with E-state index in [9.17, 15) is 9.59 Å². The molecule has 0 aliphatic carbocycles. The summed E-state index contributed by atoms with van der Waals surface area (Å²) in [6.07, 6.45) is 3.44. The van der Waals surface area contributed by atoms with Crippen LogP contribution in [-0.2, 0) is 14.3 Å². The summed E-state index contributed by atoms with van der Waals surface area (Å²) in [5.41, 5.74) is 3.25. The standard InChI is InChI=1S/C20H20N2O3/c1-3-15-5-9-17(10-6-15)21-19(23)13-25-14-20(24)22-18-11-7-16(4-2)8-12-18/h3-12H,1-2,13-14H2,(H,21,23)(H,22,24). The zero-order valence-corrected chi connectivity index (χ0v) is 13.8. The molecular formula is C20H20N2O3. The van der Waals surface area contributed by atoms with Gasteiger partial charge in [0.25, 0.3) is 0 Å². The first-order valence-electron chi connectivity index (χ1n) is 7.73. The van der Waals surface area contributed by atoms with Crippen molar-refractivity contribution in [3.8, 4) is 0 Å². The van der Waals surface area contributed by atoms with Gasteiger partial charge in [-0.05, 0) is 35.4 Å². The van der Waals surface area contributed by atoms with Gasteiger partial charge in [0, 0.05) is 11.4 Å². The zero-order valence-electron chi connectivity index (χ0n) is 13.8. The maximum Gasteiger partial charge on any atom is 0.250 e. The molecule has 2 rings (SSSR count). The average molecular weight is 336 g/mol. The van der Waals surface area contributed by atoms with Crippen molar-refractivity contribution in [1.29, 1.82) is 0 Å². The van der Waals surface area contributed by atoms with E-state index in [-0.39, 0.29) is 25.0 Å². The number of hydrogen-bond donors (Lipinski definition) is 2. The molecule has 25 heavy (non-hydrogen) atoms. The normalized spacial score (nSPS) is 9.92. The van der Waals surface area contributed by atoms with Crippen molar-refractivity contribution in [2.45, 2.75) is 0 Å². The van der Waals surface area contributed by atoms with Crippen LogP contribution in [0.1, 0.15) is 11.1 Å². The minimum atomic E-state index is -0.325. The maximum absolute atomic E-state index is 11.8. The van der Waals surface area contributed by atoms with E-state index >= 15 is 0 Å². The number of benzene rings is 2. The van der Waals surface area contributed by atoms with Crippen molar-refractivity contribution in [2.24, 2.45) is 0 Å². The quantitative estimate of drug-likeness (QED) is 0.774. The number of anilines is 2. The molecule has 5 nitrogen and oxygen atoms in total. The number of nitrogens with one attached hydrogen (secondary N) is 2. The largest absolute Gasteiger partial charge is 0.362 e. The van der Waals surface area contributed by atoms with Gasteiger partial charge in [-0.2, -0.15) is 0 Å². The zero-order chi connectivity index (χ0) is 18.1. The number of rotatable bonds is 8. The van der Waals surface area contributed by atoms with E-state index in [1.165, 1.54) is 0 Å². The summed E-state index contributed by atoms with van der Waals surface area (Å²) < 4.78 is 5.14. The topological polar surface area (TPSA) is 67.4 Å². The van der Waals surface area contributed by atoms with Crippen molar-refractivity contribution in [3.05, 3.63) is 72.8 Å². The lowest BCUT2D eigenvalue weighted by Gasteiger charge is -2.08. The molecule has 0 unspecified atom stereocenters. The van der Waals surface area contributed by atoms with Crippen LogP contribution in [0.25, 0.3) is 12.2 Å². The Hall–Kier alpha value is -3.18. The molecular weight excluding hydrogens is 316 g/mol. The maximum atomic E-state index is 11.8. The summed E-state index contributed by atoms with van der Waals surface area (Å²) >= 11 is 0. The smallest absolute Gasteiger partial charge is 0.250 e. The Labute approximate surface area is 147 Å². The number of carbonyl (C=O) groups is 2. The third-order valence-corrected chi connectivity index (χ3v) is 3.33. The van der Waals surface area contributed by atoms with Crippen molar-refractivity contribution < 1.29 is 14.3 Å². The summed E-state index contributed by atoms with van der Waals surface area (Å²) in [4.78, 5) is 23.6. The van der Waals surface area contributed by atoms with Gasteiger partial charge < -0.3 is 15.4 Å². The molecule has 0 radical (unpaired) electrons. The Balaban J connectivity index is 1.71. The van der Waals surface area contributed by atoms with Gasteiger partial charge in [-0.1, -0.05) is 49.6 Å². The van der Waals surface area contributed by atoms with Crippen molar-refractivity contribution in [3.63, 3.8) is 0 Å². The molecule has 0 aliphatic heterocycles. The molecule has 2 aromatic carbocycles. The fourth-order valence-electron chi connectivity index (χ4n) is 2.04. The van der Waals surface area contributed by atoms with Gasteiger partial charge in [0.1, 0.15) is 13.2 Å². The van der Waals surface area contributed by atoms with Gasteiger partial charge in [0.05, 0.1) is 0 Å². The summed E-state index contributed by atoms with van der Waals surface area (Å²) in [5.74, 6) is -0.649. The fourth-order valence-corrected chi connectivity index (χ4v) is 2.04. The number of ether oxygens (including phenoxy) is 1. The van der Waals surface area contributed by atoms with Crippen molar-refractivity contribution >= 4 is 35.3 Å². The molecule has 128 valence electrons. The molecule has 0 heterocycles. The van der Waals surface area contributed by atoms with Gasteiger partial charge in [0.15, 0.2) is 0 Å². The van der Waals surface area contributed by atoms with E-state index in [4.69, 9.17) is 4.74 Å². The Morgan fingerprint density at radius 3 is 1.44 bits per heavy atom. The minimum Gasteiger partial charge on any atom is -0.362 e. The van der Waals surface area contributed by atoms with Gasteiger partial charge in [-0.15, -0.1) is 0 Å². The van der Waals surface area contributed by atoms with Crippen LogP contribution >= 0.6 is 0 Å². The van der Waals surface area contributed by atoms with Crippen molar-refractivity contribution in [2.75, 3.05) is 23.8 Å². The molecule has 0 aliphatic rings. The van der Waals surface area contributed by atoms with Gasteiger partial charge in [-0.25, -0.2) is 0 Å². The lowest BCUT2D eigenvalue weighted by atomic mass is 10.2. The van der Waals surface area contributed by atoms with Gasteiger partial charge in [-0.3, -0.25) is 9.59 Å². The summed E-state index contributed by atoms with van der Waals surface area (Å²) in [7, 11) is 0. The first-order chi connectivity index (χ1) is 12.1. The fraction of sp³-hybridized carbons (Fsp3) is 0.100. The predicted molar refractivity (Wildman–Crippen MR) is 101 cm³/mol. The average Bonchev–Trinajstić information content (AvgIpc) is 2.63. The molecule has 0 fully saturated rings. The molecule has 0 atom stereocenters. The van der Waals surface area contributed by atoms with Crippen LogP contribution in [0.3, 0.4) is 0 Å². The SMILES string of the molecule is C=Cc1ccc(NC(=O)COCC(=O)Nc2ccc(C=C)cc2)cc1. The monoisotopic (exact) mass is 336 g/mol.